The van der Waals surface area contributed by atoms with Gasteiger partial charge in [0.15, 0.2) is 5.78 Å². The largest absolute Gasteiger partial charge is 0.360 e. The molecule has 1 aliphatic carbocycles. The van der Waals surface area contributed by atoms with Crippen LogP contribution < -0.4 is 4.90 Å². The molecule has 1 atom stereocenters. The van der Waals surface area contributed by atoms with Crippen LogP contribution in [0.1, 0.15) is 35.6 Å². The highest BCUT2D eigenvalue weighted by molar-refractivity contribution is 9.10. The Morgan fingerprint density at radius 2 is 1.88 bits per heavy atom. The average Bonchev–Trinajstić information content (AvgIpc) is 3.00. The van der Waals surface area contributed by atoms with E-state index in [4.69, 9.17) is 0 Å². The van der Waals surface area contributed by atoms with E-state index in [1.807, 2.05) is 0 Å². The van der Waals surface area contributed by atoms with Crippen LogP contribution in [0.5, 0.6) is 0 Å². The molecule has 0 aromatic heterocycles. The Hall–Kier alpha value is -1.87. The van der Waals surface area contributed by atoms with Gasteiger partial charge in [0.05, 0.1) is 6.04 Å². The first-order valence-corrected chi connectivity index (χ1v) is 9.27. The molecular formula is C21H20BrNO. The van der Waals surface area contributed by atoms with E-state index in [0.29, 0.717) is 12.2 Å². The SMILES string of the molecule is Cc1ccc(N2CCc3ccc(Br)cc3[C@H]2C2=CCCC2=O)cc1. The van der Waals surface area contributed by atoms with Gasteiger partial charge in [0.1, 0.15) is 0 Å². The lowest BCUT2D eigenvalue weighted by atomic mass is 9.87. The average molecular weight is 382 g/mol. The molecule has 0 amide bonds. The first kappa shape index (κ1) is 15.6. The van der Waals surface area contributed by atoms with Crippen LogP contribution in [0.4, 0.5) is 5.69 Å². The number of hydrogen-bond acceptors (Lipinski definition) is 2. The number of fused-ring (bicyclic) bond motifs is 1. The molecule has 24 heavy (non-hydrogen) atoms. The van der Waals surface area contributed by atoms with Crippen LogP contribution in [-0.4, -0.2) is 12.3 Å². The normalized spacial score (nSPS) is 20.1. The lowest BCUT2D eigenvalue weighted by molar-refractivity contribution is -0.115. The van der Waals surface area contributed by atoms with Gasteiger partial charge in [0.2, 0.25) is 0 Å². The van der Waals surface area contributed by atoms with Gasteiger partial charge in [-0.25, -0.2) is 0 Å². The third-order valence-corrected chi connectivity index (χ3v) is 5.55. The molecule has 0 bridgehead atoms. The lowest BCUT2D eigenvalue weighted by Crippen LogP contribution is -2.37. The second-order valence-corrected chi connectivity index (χ2v) is 7.56. The fourth-order valence-corrected chi connectivity index (χ4v) is 4.20. The Labute approximate surface area is 151 Å². The highest BCUT2D eigenvalue weighted by Crippen LogP contribution is 2.41. The number of benzene rings is 2. The van der Waals surface area contributed by atoms with Gasteiger partial charge < -0.3 is 4.90 Å². The number of halogens is 1. The van der Waals surface area contributed by atoms with Crippen LogP contribution in [0.15, 0.2) is 58.6 Å². The Morgan fingerprint density at radius 1 is 1.08 bits per heavy atom. The summed E-state index contributed by atoms with van der Waals surface area (Å²) in [5, 5.41) is 0. The maximum atomic E-state index is 12.5. The van der Waals surface area contributed by atoms with E-state index in [0.717, 1.165) is 29.4 Å². The number of aryl methyl sites for hydroxylation is 1. The Balaban J connectivity index is 1.84. The number of hydrogen-bond donors (Lipinski definition) is 0. The zero-order valence-corrected chi connectivity index (χ0v) is 15.3. The fraction of sp³-hybridized carbons (Fsp3) is 0.286. The minimum Gasteiger partial charge on any atom is -0.360 e. The van der Waals surface area contributed by atoms with E-state index in [2.05, 4.69) is 76.3 Å². The molecule has 2 aromatic carbocycles. The molecule has 2 nitrogen and oxygen atoms in total. The number of rotatable bonds is 2. The van der Waals surface area contributed by atoms with Crippen molar-refractivity contribution in [1.29, 1.82) is 0 Å². The highest BCUT2D eigenvalue weighted by Gasteiger charge is 2.34. The number of carbonyl (C=O) groups excluding carboxylic acids is 1. The second kappa shape index (κ2) is 6.21. The van der Waals surface area contributed by atoms with E-state index in [1.54, 1.807) is 0 Å². The van der Waals surface area contributed by atoms with Crippen LogP contribution in [0.25, 0.3) is 0 Å². The van der Waals surface area contributed by atoms with Gasteiger partial charge in [-0.05, 0) is 55.2 Å². The van der Waals surface area contributed by atoms with Crippen molar-refractivity contribution in [3.8, 4) is 0 Å². The van der Waals surface area contributed by atoms with Crippen molar-refractivity contribution >= 4 is 27.4 Å². The standard InChI is InChI=1S/C21H20BrNO/c1-14-5-9-17(10-6-14)23-12-11-15-7-8-16(22)13-19(15)21(23)18-3-2-4-20(18)24/h3,5-10,13,21H,2,4,11-12H2,1H3/t21-/m1/s1. The summed E-state index contributed by atoms with van der Waals surface area (Å²) in [6.07, 6.45) is 4.67. The fourth-order valence-electron chi connectivity index (χ4n) is 3.82. The summed E-state index contributed by atoms with van der Waals surface area (Å²) in [6, 6.07) is 15.1. The van der Waals surface area contributed by atoms with E-state index >= 15 is 0 Å². The summed E-state index contributed by atoms with van der Waals surface area (Å²) in [6.45, 7) is 3.04. The molecule has 0 fully saturated rings. The first-order chi connectivity index (χ1) is 11.6. The van der Waals surface area contributed by atoms with Crippen LogP contribution in [0, 0.1) is 6.92 Å². The minimum atomic E-state index is 0.0314. The van der Waals surface area contributed by atoms with Gasteiger partial charge >= 0.3 is 0 Å². The summed E-state index contributed by atoms with van der Waals surface area (Å²) in [5.74, 6) is 0.296. The van der Waals surface area contributed by atoms with Crippen molar-refractivity contribution in [2.75, 3.05) is 11.4 Å². The van der Waals surface area contributed by atoms with Gasteiger partial charge in [-0.1, -0.05) is 45.8 Å². The maximum absolute atomic E-state index is 12.5. The van der Waals surface area contributed by atoms with E-state index in [9.17, 15) is 4.79 Å². The van der Waals surface area contributed by atoms with Crippen molar-refractivity contribution in [2.45, 2.75) is 32.2 Å². The molecule has 122 valence electrons. The van der Waals surface area contributed by atoms with E-state index < -0.39 is 0 Å². The number of carbonyl (C=O) groups is 1. The molecule has 0 spiro atoms. The molecule has 2 aromatic rings. The third kappa shape index (κ3) is 2.71. The monoisotopic (exact) mass is 381 g/mol. The molecular weight excluding hydrogens is 362 g/mol. The summed E-state index contributed by atoms with van der Waals surface area (Å²) < 4.78 is 1.07. The summed E-state index contributed by atoms with van der Waals surface area (Å²) in [7, 11) is 0. The number of anilines is 1. The second-order valence-electron chi connectivity index (χ2n) is 6.65. The predicted octanol–water partition coefficient (Wildman–Crippen LogP) is 5.15. The Bertz CT molecular complexity index is 822. The quantitative estimate of drug-likeness (QED) is 0.716. The molecule has 4 rings (SSSR count). The third-order valence-electron chi connectivity index (χ3n) is 5.05. The number of nitrogens with zero attached hydrogens (tertiary/aromatic N) is 1. The predicted molar refractivity (Wildman–Crippen MR) is 101 cm³/mol. The van der Waals surface area contributed by atoms with E-state index in [1.165, 1.54) is 22.4 Å². The molecule has 1 aliphatic heterocycles. The van der Waals surface area contributed by atoms with Crippen LogP contribution in [-0.2, 0) is 11.2 Å². The molecule has 2 aliphatic rings. The van der Waals surface area contributed by atoms with Crippen molar-refractivity contribution in [1.82, 2.24) is 0 Å². The van der Waals surface area contributed by atoms with Crippen LogP contribution >= 0.6 is 15.9 Å². The number of allylic oxidation sites excluding steroid dienone is 1. The molecule has 0 N–H and O–H groups in total. The smallest absolute Gasteiger partial charge is 0.161 e. The Kier molecular flexibility index (Phi) is 4.05. The summed E-state index contributed by atoms with van der Waals surface area (Å²) >= 11 is 3.60. The maximum Gasteiger partial charge on any atom is 0.161 e. The van der Waals surface area contributed by atoms with Crippen molar-refractivity contribution in [3.63, 3.8) is 0 Å². The number of Topliss-reactive ketones (excluding diaryl/α,β-unsaturated/α-hetero) is 1. The van der Waals surface area contributed by atoms with Gasteiger partial charge in [0, 0.05) is 28.7 Å². The van der Waals surface area contributed by atoms with E-state index in [-0.39, 0.29) is 6.04 Å². The van der Waals surface area contributed by atoms with Crippen molar-refractivity contribution < 1.29 is 4.79 Å². The van der Waals surface area contributed by atoms with Crippen LogP contribution in [0.3, 0.4) is 0 Å². The summed E-state index contributed by atoms with van der Waals surface area (Å²) in [4.78, 5) is 14.9. The molecule has 0 radical (unpaired) electrons. The Morgan fingerprint density at radius 3 is 2.58 bits per heavy atom. The topological polar surface area (TPSA) is 20.3 Å². The van der Waals surface area contributed by atoms with Crippen LogP contribution in [0.2, 0.25) is 0 Å². The van der Waals surface area contributed by atoms with Crippen molar-refractivity contribution in [3.05, 3.63) is 75.3 Å². The molecule has 1 heterocycles. The molecule has 0 saturated carbocycles. The zero-order chi connectivity index (χ0) is 16.7. The molecule has 3 heteroatoms. The molecule has 0 saturated heterocycles. The molecule has 0 unspecified atom stereocenters. The zero-order valence-electron chi connectivity index (χ0n) is 13.8. The highest BCUT2D eigenvalue weighted by atomic mass is 79.9. The van der Waals surface area contributed by atoms with Crippen molar-refractivity contribution in [2.24, 2.45) is 0 Å². The van der Waals surface area contributed by atoms with Gasteiger partial charge in [0.25, 0.3) is 0 Å². The lowest BCUT2D eigenvalue weighted by Gasteiger charge is -2.39. The van der Waals surface area contributed by atoms with Gasteiger partial charge in [-0.15, -0.1) is 0 Å². The van der Waals surface area contributed by atoms with Gasteiger partial charge in [-0.2, -0.15) is 0 Å². The minimum absolute atomic E-state index is 0.0314. The van der Waals surface area contributed by atoms with Gasteiger partial charge in [-0.3, -0.25) is 4.79 Å². The first-order valence-electron chi connectivity index (χ1n) is 8.48. The summed E-state index contributed by atoms with van der Waals surface area (Å²) in [5.41, 5.74) is 6.03. The number of ketones is 1.